The third kappa shape index (κ3) is 3.39. The van der Waals surface area contributed by atoms with Crippen LogP contribution < -0.4 is 4.90 Å². The molecule has 0 unspecified atom stereocenters. The van der Waals surface area contributed by atoms with Crippen LogP contribution in [0.3, 0.4) is 0 Å². The molecule has 21 heavy (non-hydrogen) atoms. The fourth-order valence-corrected chi connectivity index (χ4v) is 3.52. The molecule has 3 heteroatoms. The highest BCUT2D eigenvalue weighted by Gasteiger charge is 2.22. The Balaban J connectivity index is 1.67. The van der Waals surface area contributed by atoms with Gasteiger partial charge in [0.2, 0.25) is 0 Å². The fraction of sp³-hybridized carbons (Fsp3) is 0.611. The lowest BCUT2D eigenvalue weighted by molar-refractivity contribution is 0.0683. The second kappa shape index (κ2) is 6.50. The van der Waals surface area contributed by atoms with Gasteiger partial charge in [-0.15, -0.1) is 0 Å². The standard InChI is InChI=1S/C18H26N2O/c1-15-6-5-13-20(14-15)18(21)16-7-9-17(10-8-16)19-11-3-2-4-12-19/h7-10,15H,2-6,11-14H2,1H3/t15-/m1/s1. The molecule has 2 fully saturated rings. The largest absolute Gasteiger partial charge is 0.372 e. The van der Waals surface area contributed by atoms with Crippen LogP contribution in [0.25, 0.3) is 0 Å². The Bertz CT molecular complexity index is 476. The van der Waals surface area contributed by atoms with E-state index in [1.807, 2.05) is 17.0 Å². The molecule has 0 spiro atoms. The van der Waals surface area contributed by atoms with Crippen molar-refractivity contribution in [2.75, 3.05) is 31.1 Å². The summed E-state index contributed by atoms with van der Waals surface area (Å²) in [6, 6.07) is 8.24. The molecule has 0 N–H and O–H groups in total. The lowest BCUT2D eigenvalue weighted by atomic mass is 9.99. The second-order valence-electron chi connectivity index (χ2n) is 6.59. The molecule has 2 saturated heterocycles. The summed E-state index contributed by atoms with van der Waals surface area (Å²) < 4.78 is 0. The summed E-state index contributed by atoms with van der Waals surface area (Å²) in [7, 11) is 0. The number of carbonyl (C=O) groups excluding carboxylic acids is 1. The number of carbonyl (C=O) groups is 1. The number of piperidine rings is 2. The molecule has 1 atom stereocenters. The zero-order valence-electron chi connectivity index (χ0n) is 13.1. The third-order valence-corrected chi connectivity index (χ3v) is 4.78. The number of anilines is 1. The maximum Gasteiger partial charge on any atom is 0.253 e. The fourth-order valence-electron chi connectivity index (χ4n) is 3.52. The summed E-state index contributed by atoms with van der Waals surface area (Å²) >= 11 is 0. The molecule has 3 rings (SSSR count). The van der Waals surface area contributed by atoms with E-state index < -0.39 is 0 Å². The van der Waals surface area contributed by atoms with Crippen LogP contribution >= 0.6 is 0 Å². The average Bonchev–Trinajstić information content (AvgIpc) is 2.55. The van der Waals surface area contributed by atoms with Gasteiger partial charge in [-0.05, 0) is 62.3 Å². The monoisotopic (exact) mass is 286 g/mol. The van der Waals surface area contributed by atoms with Crippen molar-refractivity contribution in [2.45, 2.75) is 39.0 Å². The Hall–Kier alpha value is -1.51. The van der Waals surface area contributed by atoms with Crippen LogP contribution in [0.2, 0.25) is 0 Å². The van der Waals surface area contributed by atoms with Gasteiger partial charge in [0.1, 0.15) is 0 Å². The van der Waals surface area contributed by atoms with E-state index in [0.717, 1.165) is 38.2 Å². The molecule has 2 aliphatic heterocycles. The molecule has 0 aliphatic carbocycles. The minimum atomic E-state index is 0.201. The number of nitrogens with zero attached hydrogens (tertiary/aromatic N) is 2. The average molecular weight is 286 g/mol. The van der Waals surface area contributed by atoms with Gasteiger partial charge in [-0.3, -0.25) is 4.79 Å². The third-order valence-electron chi connectivity index (χ3n) is 4.78. The van der Waals surface area contributed by atoms with E-state index in [1.165, 1.54) is 31.4 Å². The molecule has 3 nitrogen and oxygen atoms in total. The Morgan fingerprint density at radius 2 is 1.71 bits per heavy atom. The molecule has 0 bridgehead atoms. The normalized spacial score (nSPS) is 23.2. The van der Waals surface area contributed by atoms with Gasteiger partial charge in [-0.1, -0.05) is 6.92 Å². The Labute approximate surface area is 127 Å². The van der Waals surface area contributed by atoms with Crippen molar-refractivity contribution >= 4 is 11.6 Å². The maximum absolute atomic E-state index is 12.5. The van der Waals surface area contributed by atoms with Crippen molar-refractivity contribution in [3.8, 4) is 0 Å². The number of hydrogen-bond donors (Lipinski definition) is 0. The summed E-state index contributed by atoms with van der Waals surface area (Å²) in [5.41, 5.74) is 2.10. The predicted molar refractivity (Wildman–Crippen MR) is 86.8 cm³/mol. The van der Waals surface area contributed by atoms with Gasteiger partial charge < -0.3 is 9.80 Å². The smallest absolute Gasteiger partial charge is 0.253 e. The van der Waals surface area contributed by atoms with Crippen LogP contribution in [-0.4, -0.2) is 37.0 Å². The topological polar surface area (TPSA) is 23.6 Å². The van der Waals surface area contributed by atoms with E-state index in [0.29, 0.717) is 5.92 Å². The number of benzene rings is 1. The second-order valence-corrected chi connectivity index (χ2v) is 6.59. The molecule has 0 aromatic heterocycles. The van der Waals surface area contributed by atoms with E-state index in [1.54, 1.807) is 0 Å². The van der Waals surface area contributed by atoms with E-state index >= 15 is 0 Å². The van der Waals surface area contributed by atoms with Gasteiger partial charge in [0.05, 0.1) is 0 Å². The summed E-state index contributed by atoms with van der Waals surface area (Å²) in [5.74, 6) is 0.835. The first-order valence-corrected chi connectivity index (χ1v) is 8.38. The van der Waals surface area contributed by atoms with Gasteiger partial charge in [0.25, 0.3) is 5.91 Å². The molecule has 1 aromatic carbocycles. The van der Waals surface area contributed by atoms with E-state index in [4.69, 9.17) is 0 Å². The Kier molecular flexibility index (Phi) is 4.47. The molecular weight excluding hydrogens is 260 g/mol. The SMILES string of the molecule is C[C@@H]1CCCN(C(=O)c2ccc(N3CCCCC3)cc2)C1. The first-order chi connectivity index (χ1) is 10.2. The lowest BCUT2D eigenvalue weighted by Gasteiger charge is -2.31. The van der Waals surface area contributed by atoms with Crippen LogP contribution in [0.1, 0.15) is 49.4 Å². The maximum atomic E-state index is 12.5. The van der Waals surface area contributed by atoms with Crippen molar-refractivity contribution in [1.82, 2.24) is 4.90 Å². The van der Waals surface area contributed by atoms with Crippen LogP contribution in [0.15, 0.2) is 24.3 Å². The lowest BCUT2D eigenvalue weighted by Crippen LogP contribution is -2.39. The summed E-state index contributed by atoms with van der Waals surface area (Å²) in [5, 5.41) is 0. The number of hydrogen-bond acceptors (Lipinski definition) is 2. The molecule has 1 aromatic rings. The van der Waals surface area contributed by atoms with Crippen LogP contribution in [-0.2, 0) is 0 Å². The molecule has 1 amide bonds. The van der Waals surface area contributed by atoms with Gasteiger partial charge in [0, 0.05) is 37.4 Å². The van der Waals surface area contributed by atoms with E-state index in [-0.39, 0.29) is 5.91 Å². The molecule has 114 valence electrons. The van der Waals surface area contributed by atoms with Crippen LogP contribution in [0.4, 0.5) is 5.69 Å². The predicted octanol–water partition coefficient (Wildman–Crippen LogP) is 3.55. The highest BCUT2D eigenvalue weighted by Crippen LogP contribution is 2.22. The number of rotatable bonds is 2. The van der Waals surface area contributed by atoms with E-state index in [9.17, 15) is 4.79 Å². The van der Waals surface area contributed by atoms with Gasteiger partial charge in [-0.25, -0.2) is 0 Å². The Morgan fingerprint density at radius 3 is 2.38 bits per heavy atom. The zero-order chi connectivity index (χ0) is 14.7. The molecule has 2 heterocycles. The van der Waals surface area contributed by atoms with Crippen molar-refractivity contribution in [3.05, 3.63) is 29.8 Å². The van der Waals surface area contributed by atoms with Gasteiger partial charge in [0.15, 0.2) is 0 Å². The van der Waals surface area contributed by atoms with E-state index in [2.05, 4.69) is 24.0 Å². The minimum Gasteiger partial charge on any atom is -0.372 e. The van der Waals surface area contributed by atoms with Crippen molar-refractivity contribution in [1.29, 1.82) is 0 Å². The van der Waals surface area contributed by atoms with Gasteiger partial charge in [-0.2, -0.15) is 0 Å². The van der Waals surface area contributed by atoms with Crippen LogP contribution in [0, 0.1) is 5.92 Å². The molecular formula is C18H26N2O. The van der Waals surface area contributed by atoms with Crippen molar-refractivity contribution < 1.29 is 4.79 Å². The summed E-state index contributed by atoms with van der Waals surface area (Å²) in [6.07, 6.45) is 6.30. The molecule has 0 radical (unpaired) electrons. The zero-order valence-corrected chi connectivity index (χ0v) is 13.1. The highest BCUT2D eigenvalue weighted by atomic mass is 16.2. The molecule has 2 aliphatic rings. The number of amides is 1. The van der Waals surface area contributed by atoms with Crippen molar-refractivity contribution in [2.24, 2.45) is 5.92 Å². The summed E-state index contributed by atoms with van der Waals surface area (Å²) in [6.45, 7) is 6.36. The number of likely N-dealkylation sites (tertiary alicyclic amines) is 1. The van der Waals surface area contributed by atoms with Gasteiger partial charge >= 0.3 is 0 Å². The quantitative estimate of drug-likeness (QED) is 0.830. The first kappa shape index (κ1) is 14.4. The van der Waals surface area contributed by atoms with Crippen LogP contribution in [0.5, 0.6) is 0 Å². The summed E-state index contributed by atoms with van der Waals surface area (Å²) in [4.78, 5) is 17.0. The minimum absolute atomic E-state index is 0.201. The highest BCUT2D eigenvalue weighted by molar-refractivity contribution is 5.94. The molecule has 0 saturated carbocycles. The van der Waals surface area contributed by atoms with Crippen molar-refractivity contribution in [3.63, 3.8) is 0 Å². The Morgan fingerprint density at radius 1 is 1.00 bits per heavy atom. The first-order valence-electron chi connectivity index (χ1n) is 8.38.